The summed E-state index contributed by atoms with van der Waals surface area (Å²) in [5.41, 5.74) is 1.50. The SMILES string of the molecule is O=C(N1CCOCC1)N1CC(c2ccc(OC(F)(F)F)cc2)CC(c2nc(-c3cccnc3)no2)C1. The molecule has 36 heavy (non-hydrogen) atoms. The van der Waals surface area contributed by atoms with Crippen LogP contribution >= 0.6 is 0 Å². The molecule has 190 valence electrons. The first-order valence-corrected chi connectivity index (χ1v) is 11.6. The summed E-state index contributed by atoms with van der Waals surface area (Å²) in [6.45, 7) is 2.75. The maximum atomic E-state index is 13.3. The highest BCUT2D eigenvalue weighted by molar-refractivity contribution is 5.75. The van der Waals surface area contributed by atoms with Crippen LogP contribution < -0.4 is 4.74 Å². The number of morpholine rings is 1. The third-order valence-corrected chi connectivity index (χ3v) is 6.30. The summed E-state index contributed by atoms with van der Waals surface area (Å²) in [6.07, 6.45) is -0.892. The zero-order valence-corrected chi connectivity index (χ0v) is 19.2. The fourth-order valence-corrected chi connectivity index (χ4v) is 4.59. The van der Waals surface area contributed by atoms with Crippen LogP contribution in [0.2, 0.25) is 0 Å². The number of likely N-dealkylation sites (tertiary alicyclic amines) is 1. The molecule has 9 nitrogen and oxygen atoms in total. The lowest BCUT2D eigenvalue weighted by atomic mass is 9.84. The highest BCUT2D eigenvalue weighted by Gasteiger charge is 2.37. The van der Waals surface area contributed by atoms with Gasteiger partial charge in [0.2, 0.25) is 11.7 Å². The van der Waals surface area contributed by atoms with Gasteiger partial charge in [-0.1, -0.05) is 17.3 Å². The van der Waals surface area contributed by atoms with E-state index in [1.165, 1.54) is 12.1 Å². The number of carbonyl (C=O) groups is 1. The Morgan fingerprint density at radius 2 is 1.78 bits per heavy atom. The molecule has 2 fully saturated rings. The van der Waals surface area contributed by atoms with E-state index in [2.05, 4.69) is 19.9 Å². The normalized spacial score (nSPS) is 20.9. The Balaban J connectivity index is 1.39. The second kappa shape index (κ2) is 10.1. The number of pyridine rings is 1. The molecular weight excluding hydrogens is 479 g/mol. The summed E-state index contributed by atoms with van der Waals surface area (Å²) < 4.78 is 52.7. The van der Waals surface area contributed by atoms with Gasteiger partial charge < -0.3 is 23.8 Å². The number of aromatic nitrogens is 3. The average molecular weight is 503 g/mol. The van der Waals surface area contributed by atoms with E-state index in [4.69, 9.17) is 9.26 Å². The smallest absolute Gasteiger partial charge is 0.406 e. The average Bonchev–Trinajstić information content (AvgIpc) is 3.39. The van der Waals surface area contributed by atoms with E-state index in [1.54, 1.807) is 40.4 Å². The minimum Gasteiger partial charge on any atom is -0.406 e. The molecule has 0 bridgehead atoms. The van der Waals surface area contributed by atoms with Crippen molar-refractivity contribution in [2.75, 3.05) is 39.4 Å². The van der Waals surface area contributed by atoms with Gasteiger partial charge in [-0.25, -0.2) is 4.79 Å². The molecule has 4 heterocycles. The molecule has 3 aromatic rings. The number of halogens is 3. The zero-order chi connectivity index (χ0) is 25.1. The van der Waals surface area contributed by atoms with Crippen molar-refractivity contribution in [3.05, 3.63) is 60.2 Å². The quantitative estimate of drug-likeness (QED) is 0.530. The van der Waals surface area contributed by atoms with Crippen LogP contribution in [0.3, 0.4) is 0 Å². The molecule has 0 N–H and O–H groups in total. The number of alkyl halides is 3. The zero-order valence-electron chi connectivity index (χ0n) is 19.2. The number of carbonyl (C=O) groups excluding carboxylic acids is 1. The third kappa shape index (κ3) is 5.59. The van der Waals surface area contributed by atoms with Gasteiger partial charge in [0.1, 0.15) is 5.75 Å². The van der Waals surface area contributed by atoms with Gasteiger partial charge in [-0.2, -0.15) is 4.98 Å². The monoisotopic (exact) mass is 503 g/mol. The Morgan fingerprint density at radius 3 is 2.47 bits per heavy atom. The molecule has 0 spiro atoms. The number of benzene rings is 1. The number of piperidine rings is 1. The predicted molar refractivity (Wildman–Crippen MR) is 120 cm³/mol. The fourth-order valence-electron chi connectivity index (χ4n) is 4.59. The van der Waals surface area contributed by atoms with Crippen molar-refractivity contribution in [1.82, 2.24) is 24.9 Å². The highest BCUT2D eigenvalue weighted by Crippen LogP contribution is 2.37. The van der Waals surface area contributed by atoms with Crippen molar-refractivity contribution in [1.29, 1.82) is 0 Å². The van der Waals surface area contributed by atoms with Gasteiger partial charge in [0, 0.05) is 50.1 Å². The number of urea groups is 1. The second-order valence-corrected chi connectivity index (χ2v) is 8.73. The Labute approximate surface area is 204 Å². The summed E-state index contributed by atoms with van der Waals surface area (Å²) in [6, 6.07) is 9.25. The Bertz CT molecular complexity index is 1170. The van der Waals surface area contributed by atoms with Crippen molar-refractivity contribution in [2.45, 2.75) is 24.6 Å². The Morgan fingerprint density at radius 1 is 1.03 bits per heavy atom. The molecule has 0 saturated carbocycles. The molecule has 12 heteroatoms. The minimum absolute atomic E-state index is 0.114. The maximum Gasteiger partial charge on any atom is 0.573 e. The van der Waals surface area contributed by atoms with Gasteiger partial charge in [0.05, 0.1) is 19.1 Å². The molecule has 2 saturated heterocycles. The summed E-state index contributed by atoms with van der Waals surface area (Å²) in [5.74, 6) is 0.105. The Kier molecular flexibility index (Phi) is 6.77. The highest BCUT2D eigenvalue weighted by atomic mass is 19.4. The summed E-state index contributed by atoms with van der Waals surface area (Å²) in [5, 5.41) is 4.09. The number of hydrogen-bond acceptors (Lipinski definition) is 7. The van der Waals surface area contributed by atoms with E-state index >= 15 is 0 Å². The number of amides is 2. The van der Waals surface area contributed by atoms with Crippen LogP contribution in [0.5, 0.6) is 5.75 Å². The Hall–Kier alpha value is -3.67. The molecular formula is C24H24F3N5O4. The first kappa shape index (κ1) is 24.0. The van der Waals surface area contributed by atoms with Crippen LogP contribution in [0.1, 0.15) is 29.7 Å². The first-order chi connectivity index (χ1) is 17.4. The van der Waals surface area contributed by atoms with E-state index in [-0.39, 0.29) is 23.6 Å². The lowest BCUT2D eigenvalue weighted by Crippen LogP contribution is -2.52. The number of nitrogens with zero attached hydrogens (tertiary/aromatic N) is 5. The van der Waals surface area contributed by atoms with Gasteiger partial charge in [-0.15, -0.1) is 13.2 Å². The van der Waals surface area contributed by atoms with Crippen LogP contribution in [-0.2, 0) is 4.74 Å². The van der Waals surface area contributed by atoms with E-state index in [1.807, 2.05) is 6.07 Å². The molecule has 2 aliphatic rings. The first-order valence-electron chi connectivity index (χ1n) is 11.6. The fraction of sp³-hybridized carbons (Fsp3) is 0.417. The van der Waals surface area contributed by atoms with Crippen molar-refractivity contribution < 1.29 is 32.0 Å². The van der Waals surface area contributed by atoms with Gasteiger partial charge in [0.15, 0.2) is 0 Å². The van der Waals surface area contributed by atoms with Crippen LogP contribution in [0.25, 0.3) is 11.4 Å². The molecule has 2 amide bonds. The van der Waals surface area contributed by atoms with E-state index in [9.17, 15) is 18.0 Å². The summed E-state index contributed by atoms with van der Waals surface area (Å²) in [7, 11) is 0. The van der Waals surface area contributed by atoms with Gasteiger partial charge in [-0.3, -0.25) is 4.98 Å². The van der Waals surface area contributed by atoms with Gasteiger partial charge >= 0.3 is 12.4 Å². The molecule has 1 aromatic carbocycles. The van der Waals surface area contributed by atoms with E-state index < -0.39 is 6.36 Å². The molecule has 2 unspecified atom stereocenters. The summed E-state index contributed by atoms with van der Waals surface area (Å²) >= 11 is 0. The molecule has 2 aromatic heterocycles. The second-order valence-electron chi connectivity index (χ2n) is 8.73. The van der Waals surface area contributed by atoms with Crippen LogP contribution in [0.15, 0.2) is 53.3 Å². The lowest BCUT2D eigenvalue weighted by Gasteiger charge is -2.40. The largest absolute Gasteiger partial charge is 0.573 e. The lowest BCUT2D eigenvalue weighted by molar-refractivity contribution is -0.274. The predicted octanol–water partition coefficient (Wildman–Crippen LogP) is 4.06. The third-order valence-electron chi connectivity index (χ3n) is 6.30. The molecule has 2 aliphatic heterocycles. The number of rotatable bonds is 4. The standard InChI is InChI=1S/C24H24F3N5O4/c25-24(26,27)35-20-5-3-16(4-6-20)18-12-19(15-32(14-18)23(33)31-8-10-34-11-9-31)22-29-21(30-36-22)17-2-1-7-28-13-17/h1-7,13,18-19H,8-12,14-15H2. The van der Waals surface area contributed by atoms with Crippen molar-refractivity contribution in [2.24, 2.45) is 0 Å². The van der Waals surface area contributed by atoms with Crippen LogP contribution in [-0.4, -0.2) is 76.7 Å². The van der Waals surface area contributed by atoms with Gasteiger partial charge in [-0.05, 0) is 36.2 Å². The molecule has 5 rings (SSSR count). The van der Waals surface area contributed by atoms with E-state index in [0.29, 0.717) is 63.1 Å². The molecule has 0 radical (unpaired) electrons. The topological polar surface area (TPSA) is 93.8 Å². The van der Waals surface area contributed by atoms with Crippen molar-refractivity contribution in [3.8, 4) is 17.1 Å². The minimum atomic E-state index is -4.76. The molecule has 0 aliphatic carbocycles. The van der Waals surface area contributed by atoms with Crippen molar-refractivity contribution >= 4 is 6.03 Å². The number of hydrogen-bond donors (Lipinski definition) is 0. The summed E-state index contributed by atoms with van der Waals surface area (Å²) in [4.78, 5) is 25.5. The maximum absolute atomic E-state index is 13.3. The van der Waals surface area contributed by atoms with E-state index in [0.717, 1.165) is 5.56 Å². The van der Waals surface area contributed by atoms with Crippen LogP contribution in [0.4, 0.5) is 18.0 Å². The molecule has 2 atom stereocenters. The van der Waals surface area contributed by atoms with Gasteiger partial charge in [0.25, 0.3) is 0 Å². The number of ether oxygens (including phenoxy) is 2. The van der Waals surface area contributed by atoms with Crippen LogP contribution in [0, 0.1) is 0 Å². The van der Waals surface area contributed by atoms with Crippen molar-refractivity contribution in [3.63, 3.8) is 0 Å².